The Morgan fingerprint density at radius 1 is 1.37 bits per heavy atom. The quantitative estimate of drug-likeness (QED) is 0.899. The largest absolute Gasteiger partial charge is 0.357 e. The third-order valence-corrected chi connectivity index (χ3v) is 2.88. The Morgan fingerprint density at radius 3 is 2.84 bits per heavy atom. The highest BCUT2D eigenvalue weighted by atomic mass is 35.5. The summed E-state index contributed by atoms with van der Waals surface area (Å²) in [6.07, 6.45) is 1.50. The highest BCUT2D eigenvalue weighted by molar-refractivity contribution is 6.32. The van der Waals surface area contributed by atoms with Gasteiger partial charge in [0.2, 0.25) is 5.95 Å². The van der Waals surface area contributed by atoms with E-state index < -0.39 is 0 Å². The average Bonchev–Trinajstić information content (AvgIpc) is 2.41. The fourth-order valence-electron chi connectivity index (χ4n) is 1.62. The van der Waals surface area contributed by atoms with E-state index in [4.69, 9.17) is 11.6 Å². The van der Waals surface area contributed by atoms with E-state index >= 15 is 0 Å². The van der Waals surface area contributed by atoms with Crippen LogP contribution in [-0.4, -0.2) is 17.0 Å². The first-order valence-electron chi connectivity index (χ1n) is 5.62. The zero-order valence-electron chi connectivity index (χ0n) is 10.5. The molecule has 19 heavy (non-hydrogen) atoms. The molecule has 0 fully saturated rings. The van der Waals surface area contributed by atoms with Gasteiger partial charge in [-0.05, 0) is 18.6 Å². The molecular weight excluding hydrogens is 262 g/mol. The Balaban J connectivity index is 2.42. The molecule has 2 rings (SSSR count). The van der Waals surface area contributed by atoms with Crippen LogP contribution in [0.5, 0.6) is 0 Å². The van der Waals surface area contributed by atoms with Crippen molar-refractivity contribution in [1.82, 2.24) is 9.97 Å². The van der Waals surface area contributed by atoms with Crippen molar-refractivity contribution < 1.29 is 0 Å². The maximum atomic E-state index is 9.18. The molecule has 2 aromatic rings. The maximum Gasteiger partial charge on any atom is 0.224 e. The molecule has 0 spiro atoms. The molecule has 0 aliphatic carbocycles. The Morgan fingerprint density at radius 2 is 2.16 bits per heavy atom. The Kier molecular flexibility index (Phi) is 3.83. The van der Waals surface area contributed by atoms with E-state index in [1.165, 1.54) is 6.20 Å². The van der Waals surface area contributed by atoms with Crippen molar-refractivity contribution >= 4 is 29.1 Å². The number of hydrogen-bond acceptors (Lipinski definition) is 5. The number of nitrogens with zero attached hydrogens (tertiary/aromatic N) is 3. The van der Waals surface area contributed by atoms with Crippen LogP contribution in [0.4, 0.5) is 17.5 Å². The lowest BCUT2D eigenvalue weighted by atomic mass is 10.1. The zero-order valence-corrected chi connectivity index (χ0v) is 11.3. The Labute approximate surface area is 116 Å². The number of aromatic nitrogens is 2. The third-order valence-electron chi connectivity index (χ3n) is 2.61. The van der Waals surface area contributed by atoms with Crippen molar-refractivity contribution in [2.75, 3.05) is 17.7 Å². The first-order valence-corrected chi connectivity index (χ1v) is 6.00. The molecular formula is C13H12ClN5. The standard InChI is InChI=1S/C13H12ClN5/c1-8-4-3-5-11(9(8)6-15)18-12-10(14)7-17-13(16-2)19-12/h3-5,7H,1-2H3,(H2,16,17,18,19). The molecule has 0 amide bonds. The molecule has 1 aromatic carbocycles. The van der Waals surface area contributed by atoms with E-state index in [0.29, 0.717) is 28.0 Å². The van der Waals surface area contributed by atoms with Crippen LogP contribution in [0, 0.1) is 18.3 Å². The minimum Gasteiger partial charge on any atom is -0.357 e. The third kappa shape index (κ3) is 2.75. The summed E-state index contributed by atoms with van der Waals surface area (Å²) in [6, 6.07) is 7.72. The number of benzene rings is 1. The number of nitriles is 1. The van der Waals surface area contributed by atoms with Gasteiger partial charge in [-0.3, -0.25) is 0 Å². The van der Waals surface area contributed by atoms with Gasteiger partial charge >= 0.3 is 0 Å². The second kappa shape index (κ2) is 5.55. The second-order valence-corrected chi connectivity index (χ2v) is 4.28. The van der Waals surface area contributed by atoms with Crippen molar-refractivity contribution in [2.24, 2.45) is 0 Å². The van der Waals surface area contributed by atoms with Gasteiger partial charge in [0, 0.05) is 7.05 Å². The number of halogens is 1. The fraction of sp³-hybridized carbons (Fsp3) is 0.154. The molecule has 0 radical (unpaired) electrons. The lowest BCUT2D eigenvalue weighted by molar-refractivity contribution is 1.15. The van der Waals surface area contributed by atoms with Gasteiger partial charge in [0.1, 0.15) is 11.1 Å². The van der Waals surface area contributed by atoms with E-state index in [-0.39, 0.29) is 0 Å². The molecule has 0 aliphatic heterocycles. The summed E-state index contributed by atoms with van der Waals surface area (Å²) in [6.45, 7) is 1.88. The summed E-state index contributed by atoms with van der Waals surface area (Å²) in [5.41, 5.74) is 2.14. The molecule has 0 unspecified atom stereocenters. The van der Waals surface area contributed by atoms with Crippen LogP contribution in [0.2, 0.25) is 5.02 Å². The van der Waals surface area contributed by atoms with Gasteiger partial charge in [-0.25, -0.2) is 4.98 Å². The molecule has 1 aromatic heterocycles. The SMILES string of the molecule is CNc1ncc(Cl)c(Nc2cccc(C)c2C#N)n1. The van der Waals surface area contributed by atoms with E-state index in [1.54, 1.807) is 7.05 Å². The van der Waals surface area contributed by atoms with E-state index in [9.17, 15) is 5.26 Å². The molecule has 1 heterocycles. The minimum absolute atomic E-state index is 0.393. The van der Waals surface area contributed by atoms with Crippen LogP contribution in [0.3, 0.4) is 0 Å². The summed E-state index contributed by atoms with van der Waals surface area (Å²) in [5.74, 6) is 0.918. The van der Waals surface area contributed by atoms with Gasteiger partial charge < -0.3 is 10.6 Å². The van der Waals surface area contributed by atoms with Gasteiger partial charge in [0.05, 0.1) is 17.4 Å². The van der Waals surface area contributed by atoms with Gasteiger partial charge in [-0.2, -0.15) is 10.2 Å². The van der Waals surface area contributed by atoms with E-state index in [1.807, 2.05) is 25.1 Å². The first kappa shape index (κ1) is 13.1. The molecule has 2 N–H and O–H groups in total. The van der Waals surface area contributed by atoms with Gasteiger partial charge in [-0.15, -0.1) is 0 Å². The normalized spacial score (nSPS) is 9.79. The van der Waals surface area contributed by atoms with Crippen LogP contribution in [0.1, 0.15) is 11.1 Å². The van der Waals surface area contributed by atoms with Crippen LogP contribution >= 0.6 is 11.6 Å². The van der Waals surface area contributed by atoms with Gasteiger partial charge in [0.15, 0.2) is 5.82 Å². The second-order valence-electron chi connectivity index (χ2n) is 3.87. The molecule has 96 valence electrons. The summed E-state index contributed by atoms with van der Waals surface area (Å²) < 4.78 is 0. The van der Waals surface area contributed by atoms with Crippen molar-refractivity contribution in [1.29, 1.82) is 5.26 Å². The monoisotopic (exact) mass is 273 g/mol. The molecule has 0 saturated heterocycles. The summed E-state index contributed by atoms with van der Waals surface area (Å²) >= 11 is 6.04. The van der Waals surface area contributed by atoms with Gasteiger partial charge in [0.25, 0.3) is 0 Å². The molecule has 0 bridgehead atoms. The van der Waals surface area contributed by atoms with Crippen molar-refractivity contribution in [3.05, 3.63) is 40.5 Å². The molecule has 6 heteroatoms. The lowest BCUT2D eigenvalue weighted by Gasteiger charge is -2.11. The van der Waals surface area contributed by atoms with E-state index in [0.717, 1.165) is 5.56 Å². The summed E-state index contributed by atoms with van der Waals surface area (Å²) in [4.78, 5) is 8.22. The van der Waals surface area contributed by atoms with E-state index in [2.05, 4.69) is 26.7 Å². The molecule has 0 atom stereocenters. The summed E-state index contributed by atoms with van der Waals surface area (Å²) in [5, 5.41) is 15.5. The van der Waals surface area contributed by atoms with Crippen LogP contribution in [-0.2, 0) is 0 Å². The van der Waals surface area contributed by atoms with Crippen LogP contribution in [0.25, 0.3) is 0 Å². The molecule has 0 aliphatic rings. The summed E-state index contributed by atoms with van der Waals surface area (Å²) in [7, 11) is 1.72. The number of rotatable bonds is 3. The highest BCUT2D eigenvalue weighted by Gasteiger charge is 2.09. The van der Waals surface area contributed by atoms with Crippen LogP contribution < -0.4 is 10.6 Å². The predicted molar refractivity (Wildman–Crippen MR) is 75.8 cm³/mol. The number of anilines is 3. The number of hydrogen-bond donors (Lipinski definition) is 2. The highest BCUT2D eigenvalue weighted by Crippen LogP contribution is 2.26. The smallest absolute Gasteiger partial charge is 0.224 e. The topological polar surface area (TPSA) is 73.6 Å². The van der Waals surface area contributed by atoms with Crippen LogP contribution in [0.15, 0.2) is 24.4 Å². The maximum absolute atomic E-state index is 9.18. The Bertz CT molecular complexity index is 648. The Hall–Kier alpha value is -2.32. The fourth-order valence-corrected chi connectivity index (χ4v) is 1.76. The van der Waals surface area contributed by atoms with Crippen molar-refractivity contribution in [2.45, 2.75) is 6.92 Å². The first-order chi connectivity index (χ1) is 9.15. The van der Waals surface area contributed by atoms with Gasteiger partial charge in [-0.1, -0.05) is 23.7 Å². The molecule has 0 saturated carbocycles. The average molecular weight is 274 g/mol. The lowest BCUT2D eigenvalue weighted by Crippen LogP contribution is -2.02. The number of nitrogens with one attached hydrogen (secondary N) is 2. The molecule has 5 nitrogen and oxygen atoms in total. The van der Waals surface area contributed by atoms with Crippen molar-refractivity contribution in [3.8, 4) is 6.07 Å². The minimum atomic E-state index is 0.393. The number of aryl methyl sites for hydroxylation is 1. The predicted octanol–water partition coefficient (Wildman–Crippen LogP) is 3.10. The van der Waals surface area contributed by atoms with Crippen molar-refractivity contribution in [3.63, 3.8) is 0 Å². The zero-order chi connectivity index (χ0) is 13.8.